The number of carbonyl (C=O) groups excluding carboxylic acids is 1. The molecule has 1 aliphatic rings. The fourth-order valence-electron chi connectivity index (χ4n) is 11.5. The van der Waals surface area contributed by atoms with Crippen LogP contribution in [-0.4, -0.2) is 120 Å². The van der Waals surface area contributed by atoms with Crippen molar-refractivity contribution in [2.45, 2.75) is 45.9 Å². The zero-order chi connectivity index (χ0) is 68.9. The zero-order valence-electron chi connectivity index (χ0n) is 53.3. The average molecular weight is 1340 g/mol. The number of halogens is 7. The SMILES string of the molecule is CC(Nc1c(N)nc(-c2nn(Cc3ccccc3F)c3c(F)cccc23)nc1N)c1ccn(C)n1.CCCN1CCN(c2nc(-c3nn(Cc4ccccc4F)c4c(F)cccc34)ncc2F)CC1.CNC(=O)c1cnc(-c2nn(Cc3ccccc3F)c3c(F)cccc23)nc1N. The van der Waals surface area contributed by atoms with Crippen LogP contribution in [0.5, 0.6) is 0 Å². The van der Waals surface area contributed by atoms with Gasteiger partial charge in [0.2, 0.25) is 0 Å². The van der Waals surface area contributed by atoms with Gasteiger partial charge in [-0.2, -0.15) is 20.4 Å². The van der Waals surface area contributed by atoms with Crippen LogP contribution in [0.1, 0.15) is 59.1 Å². The third-order valence-corrected chi connectivity index (χ3v) is 16.4. The molecule has 6 aromatic carbocycles. The molecule has 7 aromatic heterocycles. The van der Waals surface area contributed by atoms with Gasteiger partial charge in [0.1, 0.15) is 80.0 Å². The Bertz CT molecular complexity index is 5060. The third kappa shape index (κ3) is 13.8. The van der Waals surface area contributed by atoms with E-state index in [4.69, 9.17) is 17.2 Å². The van der Waals surface area contributed by atoms with Crippen molar-refractivity contribution in [2.75, 3.05) is 67.2 Å². The number of aryl methyl sites for hydroxylation is 1. The quantitative estimate of drug-likeness (QED) is 0.0562. The molecule has 1 aliphatic heterocycles. The molecule has 14 rings (SSSR count). The van der Waals surface area contributed by atoms with E-state index in [1.807, 2.05) is 31.1 Å². The van der Waals surface area contributed by atoms with E-state index < -0.39 is 46.6 Å². The Balaban J connectivity index is 0.000000141. The number of nitrogens with one attached hydrogen (secondary N) is 2. The van der Waals surface area contributed by atoms with Crippen LogP contribution in [0, 0.1) is 40.7 Å². The number of nitrogens with zero attached hydrogens (tertiary/aromatic N) is 16. The summed E-state index contributed by atoms with van der Waals surface area (Å²) in [4.78, 5) is 41.9. The van der Waals surface area contributed by atoms with E-state index in [1.165, 1.54) is 63.7 Å². The lowest BCUT2D eigenvalue weighted by molar-refractivity contribution is 0.0963. The first-order valence-corrected chi connectivity index (χ1v) is 31.1. The Hall–Kier alpha value is -11.9. The highest BCUT2D eigenvalue weighted by Gasteiger charge is 2.27. The van der Waals surface area contributed by atoms with Gasteiger partial charge in [0.15, 0.2) is 40.7 Å². The highest BCUT2D eigenvalue weighted by Crippen LogP contribution is 2.36. The average Bonchev–Trinajstić information content (AvgIpc) is 1.62. The number of nitrogen functional groups attached to an aromatic ring is 3. The number of benzene rings is 6. The summed E-state index contributed by atoms with van der Waals surface area (Å²) in [5, 5.41) is 24.9. The molecule has 13 aromatic rings. The molecule has 1 unspecified atom stereocenters. The smallest absolute Gasteiger partial charge is 0.256 e. The predicted octanol–water partition coefficient (Wildman–Crippen LogP) is 11.1. The first-order valence-electron chi connectivity index (χ1n) is 31.1. The first-order chi connectivity index (χ1) is 47.3. The molecule has 22 nitrogen and oxygen atoms in total. The molecule has 1 atom stereocenters. The van der Waals surface area contributed by atoms with Crippen molar-refractivity contribution in [3.05, 3.63) is 221 Å². The lowest BCUT2D eigenvalue weighted by Gasteiger charge is -2.35. The predicted molar refractivity (Wildman–Crippen MR) is 359 cm³/mol. The second-order valence-electron chi connectivity index (χ2n) is 22.9. The van der Waals surface area contributed by atoms with Crippen LogP contribution in [0.25, 0.3) is 67.3 Å². The van der Waals surface area contributed by atoms with Crippen LogP contribution in [0.3, 0.4) is 0 Å². The Kier molecular flexibility index (Phi) is 19.3. The maximum Gasteiger partial charge on any atom is 0.256 e. The lowest BCUT2D eigenvalue weighted by atomic mass is 10.1. The molecular weight excluding hydrogens is 1270 g/mol. The second-order valence-corrected chi connectivity index (χ2v) is 22.9. The van der Waals surface area contributed by atoms with E-state index in [0.29, 0.717) is 63.0 Å². The summed E-state index contributed by atoms with van der Waals surface area (Å²) in [6.45, 7) is 8.13. The molecule has 0 saturated carbocycles. The van der Waals surface area contributed by atoms with E-state index in [0.717, 1.165) is 37.9 Å². The van der Waals surface area contributed by atoms with Crippen molar-refractivity contribution in [2.24, 2.45) is 7.05 Å². The number of rotatable bonds is 16. The van der Waals surface area contributed by atoms with Crippen LogP contribution in [0.2, 0.25) is 0 Å². The number of aromatic nitrogens is 14. The van der Waals surface area contributed by atoms with E-state index in [2.05, 4.69) is 72.8 Å². The molecule has 98 heavy (non-hydrogen) atoms. The van der Waals surface area contributed by atoms with Crippen LogP contribution >= 0.6 is 0 Å². The number of nitrogens with two attached hydrogens (primary N) is 3. The van der Waals surface area contributed by atoms with Crippen LogP contribution in [0.15, 0.2) is 152 Å². The zero-order valence-corrected chi connectivity index (χ0v) is 53.3. The molecule has 8 N–H and O–H groups in total. The Labute approximate surface area is 555 Å². The van der Waals surface area contributed by atoms with Crippen molar-refractivity contribution in [3.8, 4) is 34.6 Å². The molecular formula is C69H64F7N21O. The molecule has 0 aliphatic carbocycles. The molecule has 1 amide bonds. The van der Waals surface area contributed by atoms with Gasteiger partial charge in [-0.3, -0.25) is 28.4 Å². The van der Waals surface area contributed by atoms with Crippen LogP contribution < -0.4 is 32.7 Å². The number of fused-ring (bicyclic) bond motifs is 3. The van der Waals surface area contributed by atoms with Crippen molar-refractivity contribution < 1.29 is 35.5 Å². The molecule has 1 saturated heterocycles. The number of carbonyl (C=O) groups is 1. The van der Waals surface area contributed by atoms with Gasteiger partial charge in [-0.15, -0.1) is 0 Å². The third-order valence-electron chi connectivity index (χ3n) is 16.4. The number of hydrogen-bond acceptors (Lipinski definition) is 17. The van der Waals surface area contributed by atoms with Crippen molar-refractivity contribution in [1.82, 2.24) is 79.2 Å². The van der Waals surface area contributed by atoms with Gasteiger partial charge in [-0.05, 0) is 62.4 Å². The fraction of sp³-hybridized carbons (Fsp3) is 0.203. The summed E-state index contributed by atoms with van der Waals surface area (Å²) in [7, 11) is 3.30. The fourth-order valence-corrected chi connectivity index (χ4v) is 11.5. The number of anilines is 5. The Morgan fingerprint density at radius 3 is 1.37 bits per heavy atom. The standard InChI is InChI=1S/C25H25F3N6.C24H23F2N9.C20H16F2N6O/c1-2-10-32-11-13-33(14-12-32)25-21(28)15-29-24(30-25)22-18-7-5-9-20(27)23(18)34(31-22)16-17-6-3-4-8-19(17)26;1-13(18-10-11-34(2)32-18)29-20-22(27)30-24(31-23(20)28)19-15-7-5-9-17(26)21(15)35(33-19)12-14-6-3-4-8-16(14)25;1-24-20(29)13-9-25-19(26-18(13)23)16-12-6-4-8-15(22)17(12)28(27-16)10-11-5-2-3-7-14(11)21/h3-9,15H,2,10-14,16H2,1H3;3-11,13,29H,12H2,1-2H3,(H4,27,28,30,31);2-9H,10H2,1H3,(H,24,29)(H2,23,25,26). The topological polar surface area (TPSA) is 274 Å². The minimum atomic E-state index is -0.507. The highest BCUT2D eigenvalue weighted by molar-refractivity contribution is 5.99. The minimum absolute atomic E-state index is 0.0237. The summed E-state index contributed by atoms with van der Waals surface area (Å²) in [6.07, 6.45) is 5.33. The van der Waals surface area contributed by atoms with Crippen molar-refractivity contribution in [1.29, 1.82) is 0 Å². The van der Waals surface area contributed by atoms with Crippen molar-refractivity contribution >= 4 is 67.6 Å². The number of piperazine rings is 1. The summed E-state index contributed by atoms with van der Waals surface area (Å²) in [5.74, 6) is -2.73. The van der Waals surface area contributed by atoms with Gasteiger partial charge < -0.3 is 32.7 Å². The van der Waals surface area contributed by atoms with Crippen LogP contribution in [-0.2, 0) is 26.7 Å². The molecule has 1 fully saturated rings. The van der Waals surface area contributed by atoms with E-state index in [1.54, 1.807) is 95.7 Å². The largest absolute Gasteiger partial charge is 0.383 e. The first kappa shape index (κ1) is 66.2. The van der Waals surface area contributed by atoms with Gasteiger partial charge in [0, 0.05) is 85.5 Å². The Morgan fingerprint density at radius 2 is 0.939 bits per heavy atom. The number of para-hydroxylation sites is 3. The molecule has 0 spiro atoms. The maximum absolute atomic E-state index is 14.8. The normalized spacial score (nSPS) is 12.7. The van der Waals surface area contributed by atoms with E-state index >= 15 is 0 Å². The van der Waals surface area contributed by atoms with Crippen molar-refractivity contribution in [3.63, 3.8) is 0 Å². The van der Waals surface area contributed by atoms with Crippen LogP contribution in [0.4, 0.5) is 59.7 Å². The van der Waals surface area contributed by atoms with E-state index in [-0.39, 0.29) is 94.2 Å². The van der Waals surface area contributed by atoms with E-state index in [9.17, 15) is 35.5 Å². The van der Waals surface area contributed by atoms with Gasteiger partial charge in [0.05, 0.1) is 43.1 Å². The Morgan fingerprint density at radius 1 is 0.510 bits per heavy atom. The lowest BCUT2D eigenvalue weighted by Crippen LogP contribution is -2.47. The number of hydrogen-bond donors (Lipinski definition) is 5. The van der Waals surface area contributed by atoms with Gasteiger partial charge in [-0.1, -0.05) is 97.9 Å². The highest BCUT2D eigenvalue weighted by atomic mass is 19.2. The molecule has 8 heterocycles. The molecule has 0 bridgehead atoms. The second kappa shape index (κ2) is 28.6. The minimum Gasteiger partial charge on any atom is -0.383 e. The maximum atomic E-state index is 14.8. The van der Waals surface area contributed by atoms with Gasteiger partial charge >= 0.3 is 0 Å². The van der Waals surface area contributed by atoms with Gasteiger partial charge in [0.25, 0.3) is 5.91 Å². The summed E-state index contributed by atoms with van der Waals surface area (Å²) < 4.78 is 108. The summed E-state index contributed by atoms with van der Waals surface area (Å²) >= 11 is 0. The molecule has 29 heteroatoms. The number of amides is 1. The summed E-state index contributed by atoms with van der Waals surface area (Å²) in [6, 6.07) is 34.2. The van der Waals surface area contributed by atoms with Gasteiger partial charge in [-0.25, -0.2) is 60.6 Å². The monoisotopic (exact) mass is 1340 g/mol. The molecule has 0 radical (unpaired) electrons. The summed E-state index contributed by atoms with van der Waals surface area (Å²) in [5.41, 5.74) is 22.3. The molecule has 500 valence electrons.